The number of aliphatic carboxylic acids is 1. The summed E-state index contributed by atoms with van der Waals surface area (Å²) in [5.74, 6) is -3.17. The molecule has 0 radical (unpaired) electrons. The van der Waals surface area contributed by atoms with Crippen LogP contribution in [0.4, 0.5) is 4.79 Å². The minimum atomic E-state index is -1.27. The number of hydrogen-bond acceptors (Lipinski definition) is 7. The van der Waals surface area contributed by atoms with Gasteiger partial charge < -0.3 is 54.1 Å². The quantitative estimate of drug-likeness (QED) is 0.0372. The van der Waals surface area contributed by atoms with E-state index < -0.39 is 53.9 Å². The van der Waals surface area contributed by atoms with Crippen molar-refractivity contribution in [3.63, 3.8) is 0 Å². The topological polar surface area (TPSA) is 282 Å². The summed E-state index contributed by atoms with van der Waals surface area (Å²) in [5, 5.41) is 19.7. The van der Waals surface area contributed by atoms with Gasteiger partial charge in [0.25, 0.3) is 0 Å². The maximum absolute atomic E-state index is 13.3. The van der Waals surface area contributed by atoms with Crippen molar-refractivity contribution in [3.8, 4) is 0 Å². The SMILES string of the molecule is CC(C)[C@H](NC(=O)[C@H](CCCN=C(N)N)NC(=O)N[C@H](Cc1ccccc1)C(=O)O)C(=O)N[C@H](C=O)CCCN=C(N)N. The van der Waals surface area contributed by atoms with Crippen molar-refractivity contribution < 1.29 is 29.1 Å². The van der Waals surface area contributed by atoms with Gasteiger partial charge in [-0.3, -0.25) is 19.6 Å². The van der Waals surface area contributed by atoms with E-state index in [1.54, 1.807) is 44.2 Å². The molecule has 1 aromatic rings. The highest BCUT2D eigenvalue weighted by molar-refractivity contribution is 5.93. The normalized spacial score (nSPS) is 13.4. The van der Waals surface area contributed by atoms with Crippen LogP contribution < -0.4 is 44.2 Å². The number of nitrogens with two attached hydrogens (primary N) is 4. The van der Waals surface area contributed by atoms with E-state index in [-0.39, 0.29) is 50.7 Å². The Morgan fingerprint density at radius 1 is 0.814 bits per heavy atom. The Morgan fingerprint density at radius 3 is 1.88 bits per heavy atom. The second-order valence-electron chi connectivity index (χ2n) is 10.1. The van der Waals surface area contributed by atoms with Gasteiger partial charge in [-0.15, -0.1) is 0 Å². The first-order chi connectivity index (χ1) is 20.3. The summed E-state index contributed by atoms with van der Waals surface area (Å²) in [6, 6.07) is 3.51. The molecular formula is C27H44N10O6. The van der Waals surface area contributed by atoms with Crippen LogP contribution in [0, 0.1) is 5.92 Å². The Bertz CT molecular complexity index is 1120. The van der Waals surface area contributed by atoms with Gasteiger partial charge in [0, 0.05) is 19.5 Å². The van der Waals surface area contributed by atoms with Crippen LogP contribution in [0.5, 0.6) is 0 Å². The number of hydrogen-bond donors (Lipinski definition) is 9. The van der Waals surface area contributed by atoms with Gasteiger partial charge in [-0.05, 0) is 37.2 Å². The third-order valence-electron chi connectivity index (χ3n) is 6.16. The van der Waals surface area contributed by atoms with E-state index in [9.17, 15) is 29.1 Å². The van der Waals surface area contributed by atoms with E-state index in [1.165, 1.54) is 0 Å². The number of carbonyl (C=O) groups excluding carboxylic acids is 4. The van der Waals surface area contributed by atoms with Crippen molar-refractivity contribution in [3.05, 3.63) is 35.9 Å². The van der Waals surface area contributed by atoms with Gasteiger partial charge in [0.2, 0.25) is 11.8 Å². The molecule has 0 aromatic heterocycles. The average Bonchev–Trinajstić information content (AvgIpc) is 2.94. The second kappa shape index (κ2) is 19.3. The summed E-state index contributed by atoms with van der Waals surface area (Å²) in [4.78, 5) is 70.3. The molecule has 0 aliphatic rings. The number of aliphatic imine (C=N–C) groups is 2. The van der Waals surface area contributed by atoms with E-state index in [0.29, 0.717) is 18.3 Å². The van der Waals surface area contributed by atoms with Crippen LogP contribution in [0.2, 0.25) is 0 Å². The number of nitrogens with zero attached hydrogens (tertiary/aromatic N) is 2. The Balaban J connectivity index is 2.97. The molecule has 0 spiro atoms. The van der Waals surface area contributed by atoms with Gasteiger partial charge in [0.1, 0.15) is 24.4 Å². The number of carboxylic acid groups (broad SMARTS) is 1. The minimum Gasteiger partial charge on any atom is -0.480 e. The molecule has 0 unspecified atom stereocenters. The van der Waals surface area contributed by atoms with Crippen molar-refractivity contribution in [1.29, 1.82) is 0 Å². The van der Waals surface area contributed by atoms with Crippen LogP contribution in [-0.4, -0.2) is 84.4 Å². The van der Waals surface area contributed by atoms with Gasteiger partial charge in [-0.1, -0.05) is 44.2 Å². The Labute approximate surface area is 250 Å². The fraction of sp³-hybridized carbons (Fsp3) is 0.519. The molecule has 43 heavy (non-hydrogen) atoms. The lowest BCUT2D eigenvalue weighted by Crippen LogP contribution is -2.58. The molecule has 13 N–H and O–H groups in total. The fourth-order valence-electron chi connectivity index (χ4n) is 3.94. The van der Waals surface area contributed by atoms with Gasteiger partial charge in [0.05, 0.1) is 6.04 Å². The van der Waals surface area contributed by atoms with Gasteiger partial charge in [-0.25, -0.2) is 9.59 Å². The third kappa shape index (κ3) is 15.1. The summed E-state index contributed by atoms with van der Waals surface area (Å²) in [6.45, 7) is 3.84. The van der Waals surface area contributed by atoms with E-state index in [4.69, 9.17) is 22.9 Å². The zero-order chi connectivity index (χ0) is 32.4. The second-order valence-corrected chi connectivity index (χ2v) is 10.1. The molecular weight excluding hydrogens is 560 g/mol. The molecule has 0 fully saturated rings. The van der Waals surface area contributed by atoms with Gasteiger partial charge in [-0.2, -0.15) is 0 Å². The van der Waals surface area contributed by atoms with Crippen molar-refractivity contribution in [2.45, 2.75) is 70.1 Å². The zero-order valence-corrected chi connectivity index (χ0v) is 24.5. The third-order valence-corrected chi connectivity index (χ3v) is 6.16. The molecule has 4 atom stereocenters. The van der Waals surface area contributed by atoms with Crippen LogP contribution in [0.25, 0.3) is 0 Å². The van der Waals surface area contributed by atoms with Crippen molar-refractivity contribution in [1.82, 2.24) is 21.3 Å². The summed E-state index contributed by atoms with van der Waals surface area (Å²) in [5.41, 5.74) is 22.0. The first-order valence-corrected chi connectivity index (χ1v) is 13.8. The number of nitrogens with one attached hydrogen (secondary N) is 4. The number of amides is 4. The largest absolute Gasteiger partial charge is 0.480 e. The van der Waals surface area contributed by atoms with Crippen LogP contribution in [0.3, 0.4) is 0 Å². The Hall–Kier alpha value is -4.89. The highest BCUT2D eigenvalue weighted by Gasteiger charge is 2.30. The standard InChI is InChI=1S/C27H44N10O6/c1-16(2)21(23(40)34-18(15-38)10-6-12-32-25(28)29)37-22(39)19(11-7-13-33-26(30)31)35-27(43)36-20(24(41)42)14-17-8-4-3-5-9-17/h3-5,8-9,15-16,18-21H,6-7,10-14H2,1-2H3,(H,34,40)(H,37,39)(H,41,42)(H4,28,29,32)(H4,30,31,33)(H2,35,36,43)/t18-,19-,20+,21-/m0/s1. The van der Waals surface area contributed by atoms with E-state index in [1.807, 2.05) is 0 Å². The summed E-state index contributed by atoms with van der Waals surface area (Å²) in [6.07, 6.45) is 1.65. The van der Waals surface area contributed by atoms with Crippen LogP contribution >= 0.6 is 0 Å². The molecule has 16 heteroatoms. The Morgan fingerprint density at radius 2 is 1.37 bits per heavy atom. The maximum Gasteiger partial charge on any atom is 0.326 e. The molecule has 0 saturated heterocycles. The first kappa shape index (κ1) is 36.1. The molecule has 0 aliphatic carbocycles. The number of carboxylic acids is 1. The lowest BCUT2D eigenvalue weighted by Gasteiger charge is -2.27. The molecule has 4 amide bonds. The highest BCUT2D eigenvalue weighted by atomic mass is 16.4. The summed E-state index contributed by atoms with van der Waals surface area (Å²) in [7, 11) is 0. The number of rotatable bonds is 19. The Kier molecular flexibility index (Phi) is 16.2. The molecule has 0 saturated carbocycles. The number of aldehydes is 1. The average molecular weight is 605 g/mol. The molecule has 1 aromatic carbocycles. The highest BCUT2D eigenvalue weighted by Crippen LogP contribution is 2.08. The maximum atomic E-state index is 13.3. The minimum absolute atomic E-state index is 0.0183. The van der Waals surface area contributed by atoms with Crippen LogP contribution in [0.1, 0.15) is 45.1 Å². The fourth-order valence-corrected chi connectivity index (χ4v) is 3.94. The predicted molar refractivity (Wildman–Crippen MR) is 162 cm³/mol. The van der Waals surface area contributed by atoms with Gasteiger partial charge >= 0.3 is 12.0 Å². The smallest absolute Gasteiger partial charge is 0.326 e. The van der Waals surface area contributed by atoms with Crippen LogP contribution in [-0.2, 0) is 25.6 Å². The van der Waals surface area contributed by atoms with Gasteiger partial charge in [0.15, 0.2) is 11.9 Å². The molecule has 0 heterocycles. The molecule has 0 bridgehead atoms. The monoisotopic (exact) mass is 604 g/mol. The van der Waals surface area contributed by atoms with Crippen LogP contribution in [0.15, 0.2) is 40.3 Å². The van der Waals surface area contributed by atoms with Crippen molar-refractivity contribution in [2.24, 2.45) is 38.8 Å². The van der Waals surface area contributed by atoms with Crippen molar-refractivity contribution in [2.75, 3.05) is 13.1 Å². The summed E-state index contributed by atoms with van der Waals surface area (Å²) < 4.78 is 0. The first-order valence-electron chi connectivity index (χ1n) is 13.8. The number of guanidine groups is 2. The lowest BCUT2D eigenvalue weighted by molar-refractivity contribution is -0.139. The number of carbonyl (C=O) groups is 5. The molecule has 1 rings (SSSR count). The van der Waals surface area contributed by atoms with E-state index in [2.05, 4.69) is 31.3 Å². The predicted octanol–water partition coefficient (Wildman–Crippen LogP) is -1.72. The molecule has 0 aliphatic heterocycles. The van der Waals surface area contributed by atoms with E-state index in [0.717, 1.165) is 0 Å². The number of urea groups is 1. The molecule has 238 valence electrons. The van der Waals surface area contributed by atoms with E-state index >= 15 is 0 Å². The number of benzene rings is 1. The zero-order valence-electron chi connectivity index (χ0n) is 24.5. The molecule has 16 nitrogen and oxygen atoms in total. The van der Waals surface area contributed by atoms with Crippen molar-refractivity contribution >= 4 is 42.0 Å². The summed E-state index contributed by atoms with van der Waals surface area (Å²) >= 11 is 0. The lowest BCUT2D eigenvalue weighted by atomic mass is 10.0.